The van der Waals surface area contributed by atoms with Crippen LogP contribution < -0.4 is 16.0 Å². The second kappa shape index (κ2) is 17.8. The number of hydrogen-bond acceptors (Lipinski definition) is 9. The van der Waals surface area contributed by atoms with E-state index in [0.29, 0.717) is 5.69 Å². The van der Waals surface area contributed by atoms with Gasteiger partial charge in [-0.3, -0.25) is 19.2 Å². The summed E-state index contributed by atoms with van der Waals surface area (Å²) < 4.78 is 9.77. The first-order valence-corrected chi connectivity index (χ1v) is 15.6. The summed E-state index contributed by atoms with van der Waals surface area (Å²) in [6.45, 7) is 6.71. The molecule has 0 aliphatic rings. The Morgan fingerprint density at radius 2 is 1.66 bits per heavy atom. The molecule has 0 aliphatic heterocycles. The fourth-order valence-corrected chi connectivity index (χ4v) is 5.17. The van der Waals surface area contributed by atoms with Crippen molar-refractivity contribution in [2.75, 3.05) is 13.7 Å². The molecule has 13 heteroatoms. The molecule has 0 fully saturated rings. The minimum Gasteiger partial charge on any atom is -0.468 e. The highest BCUT2D eigenvalue weighted by Crippen LogP contribution is 2.23. The van der Waals surface area contributed by atoms with Crippen molar-refractivity contribution in [3.63, 3.8) is 0 Å². The van der Waals surface area contributed by atoms with E-state index in [1.807, 2.05) is 56.3 Å². The number of aliphatic hydroxyl groups excluding tert-OH is 1. The number of rotatable bonds is 17. The van der Waals surface area contributed by atoms with Gasteiger partial charge in [0.15, 0.2) is 6.10 Å². The number of aromatic amines is 1. The highest BCUT2D eigenvalue weighted by Gasteiger charge is 2.34. The Labute approximate surface area is 274 Å². The van der Waals surface area contributed by atoms with Gasteiger partial charge in [-0.05, 0) is 48.9 Å². The zero-order chi connectivity index (χ0) is 34.5. The molecule has 1 heterocycles. The van der Waals surface area contributed by atoms with Crippen molar-refractivity contribution >= 4 is 40.4 Å². The molecule has 254 valence electrons. The average molecular weight is 652 g/mol. The van der Waals surface area contributed by atoms with Crippen LogP contribution in [0.3, 0.4) is 0 Å². The van der Waals surface area contributed by atoms with Gasteiger partial charge in [0.25, 0.3) is 0 Å². The largest absolute Gasteiger partial charge is 0.468 e. The smallest absolute Gasteiger partial charge is 0.337 e. The molecule has 0 saturated heterocycles. The van der Waals surface area contributed by atoms with E-state index in [2.05, 4.69) is 30.7 Å². The predicted octanol–water partition coefficient (Wildman–Crippen LogP) is 1.97. The molecule has 2 aromatic carbocycles. The zero-order valence-corrected chi connectivity index (χ0v) is 27.4. The van der Waals surface area contributed by atoms with E-state index in [0.717, 1.165) is 16.3 Å². The molecule has 3 aromatic rings. The Kier molecular flexibility index (Phi) is 13.9. The summed E-state index contributed by atoms with van der Waals surface area (Å²) in [6, 6.07) is 11.2. The van der Waals surface area contributed by atoms with Gasteiger partial charge < -0.3 is 35.5 Å². The minimum atomic E-state index is -1.63. The van der Waals surface area contributed by atoms with Crippen molar-refractivity contribution in [2.24, 2.45) is 11.8 Å². The second-order valence-corrected chi connectivity index (χ2v) is 12.1. The lowest BCUT2D eigenvalue weighted by Gasteiger charge is -2.28. The number of hydrogen-bond donors (Lipinski definition) is 5. The Bertz CT molecular complexity index is 1500. The van der Waals surface area contributed by atoms with E-state index in [9.17, 15) is 29.1 Å². The molecule has 13 nitrogen and oxygen atoms in total. The zero-order valence-electron chi connectivity index (χ0n) is 27.4. The van der Waals surface area contributed by atoms with Crippen molar-refractivity contribution < 1.29 is 38.6 Å². The van der Waals surface area contributed by atoms with Crippen LogP contribution in [-0.2, 0) is 46.3 Å². The quantitative estimate of drug-likeness (QED) is 0.136. The number of aliphatic hydroxyl groups is 1. The summed E-state index contributed by atoms with van der Waals surface area (Å²) in [5.74, 6) is -4.22. The third-order valence-corrected chi connectivity index (χ3v) is 7.45. The molecule has 1 aromatic heterocycles. The standard InChI is InChI=1S/C34H45N5O8/c1-20(2)13-27(31(42)34(45)47-21(3)4)38-33(44)28(16-25-17-35-19-37-25)39-32(43)24(15-29(40)36-18-30(41)46-5)14-23-11-8-10-22-9-6-7-12-26(22)23/h6-12,17,19-21,24,27-28,31,42H,13-16,18H2,1-5H3,(H,35,37)(H,36,40)(H,38,44)(H,39,43)/t24?,27-,28-,31?/m0/s1. The summed E-state index contributed by atoms with van der Waals surface area (Å²) >= 11 is 0. The number of H-pyrrole nitrogens is 1. The number of nitrogens with one attached hydrogen (secondary N) is 4. The van der Waals surface area contributed by atoms with Gasteiger partial charge in [-0.2, -0.15) is 0 Å². The molecule has 0 bridgehead atoms. The van der Waals surface area contributed by atoms with Gasteiger partial charge in [0.05, 0.1) is 31.5 Å². The lowest BCUT2D eigenvalue weighted by molar-refractivity contribution is -0.159. The molecule has 0 spiro atoms. The van der Waals surface area contributed by atoms with Crippen molar-refractivity contribution in [1.29, 1.82) is 0 Å². The maximum Gasteiger partial charge on any atom is 0.337 e. The Morgan fingerprint density at radius 1 is 0.936 bits per heavy atom. The summed E-state index contributed by atoms with van der Waals surface area (Å²) in [4.78, 5) is 71.8. The van der Waals surface area contributed by atoms with E-state index in [-0.39, 0.29) is 38.1 Å². The molecule has 5 N–H and O–H groups in total. The lowest BCUT2D eigenvalue weighted by Crippen LogP contribution is -2.56. The number of amides is 3. The summed E-state index contributed by atoms with van der Waals surface area (Å²) in [5, 5.41) is 20.7. The summed E-state index contributed by atoms with van der Waals surface area (Å²) in [6.07, 6.45) is 0.999. The monoisotopic (exact) mass is 651 g/mol. The van der Waals surface area contributed by atoms with Crippen molar-refractivity contribution in [3.05, 3.63) is 66.2 Å². The van der Waals surface area contributed by atoms with E-state index in [1.54, 1.807) is 13.8 Å². The van der Waals surface area contributed by atoms with Crippen LogP contribution in [0.2, 0.25) is 0 Å². The van der Waals surface area contributed by atoms with Crippen LogP contribution in [0.15, 0.2) is 55.0 Å². The van der Waals surface area contributed by atoms with E-state index in [4.69, 9.17) is 4.74 Å². The van der Waals surface area contributed by atoms with Crippen molar-refractivity contribution in [3.8, 4) is 0 Å². The number of methoxy groups -OCH3 is 1. The molecule has 0 aliphatic carbocycles. The SMILES string of the molecule is COC(=O)CNC(=O)CC(Cc1cccc2ccccc12)C(=O)N[C@@H](Cc1cnc[nH]1)C(=O)N[C@@H](CC(C)C)C(O)C(=O)OC(C)C. The first kappa shape index (κ1) is 36.7. The van der Waals surface area contributed by atoms with Crippen LogP contribution in [0.1, 0.15) is 51.8 Å². The molecule has 3 rings (SSSR count). The van der Waals surface area contributed by atoms with E-state index < -0.39 is 59.9 Å². The fourth-order valence-electron chi connectivity index (χ4n) is 5.17. The van der Waals surface area contributed by atoms with Crippen LogP contribution in [-0.4, -0.2) is 82.7 Å². The van der Waals surface area contributed by atoms with Crippen molar-refractivity contribution in [2.45, 2.75) is 77.7 Å². The number of esters is 2. The van der Waals surface area contributed by atoms with E-state index >= 15 is 0 Å². The number of imidazole rings is 1. The third kappa shape index (κ3) is 11.5. The van der Waals surface area contributed by atoms with Crippen LogP contribution >= 0.6 is 0 Å². The number of benzene rings is 2. The number of nitrogens with zero attached hydrogens (tertiary/aromatic N) is 1. The molecule has 0 radical (unpaired) electrons. The predicted molar refractivity (Wildman–Crippen MR) is 174 cm³/mol. The average Bonchev–Trinajstić information content (AvgIpc) is 3.55. The molecule has 47 heavy (non-hydrogen) atoms. The number of carbonyl (C=O) groups excluding carboxylic acids is 5. The number of carbonyl (C=O) groups is 5. The number of fused-ring (bicyclic) bond motifs is 1. The maximum atomic E-state index is 14.0. The first-order valence-electron chi connectivity index (χ1n) is 15.6. The van der Waals surface area contributed by atoms with Gasteiger partial charge in [0.1, 0.15) is 12.6 Å². The Hall–Kier alpha value is -4.78. The van der Waals surface area contributed by atoms with Crippen molar-refractivity contribution in [1.82, 2.24) is 25.9 Å². The van der Waals surface area contributed by atoms with Crippen LogP contribution in [0.4, 0.5) is 0 Å². The van der Waals surface area contributed by atoms with Gasteiger partial charge in [0, 0.05) is 24.7 Å². The van der Waals surface area contributed by atoms with E-state index in [1.165, 1.54) is 19.6 Å². The van der Waals surface area contributed by atoms with Crippen LogP contribution in [0.5, 0.6) is 0 Å². The van der Waals surface area contributed by atoms with Gasteiger partial charge >= 0.3 is 11.9 Å². The maximum absolute atomic E-state index is 14.0. The normalized spacial score (nSPS) is 13.8. The molecular weight excluding hydrogens is 606 g/mol. The second-order valence-electron chi connectivity index (χ2n) is 12.1. The lowest BCUT2D eigenvalue weighted by atomic mass is 9.91. The van der Waals surface area contributed by atoms with Gasteiger partial charge in [-0.1, -0.05) is 56.3 Å². The van der Waals surface area contributed by atoms with Gasteiger partial charge in [-0.25, -0.2) is 9.78 Å². The molecule has 4 atom stereocenters. The number of ether oxygens (including phenoxy) is 2. The Balaban J connectivity index is 1.89. The number of aromatic nitrogens is 2. The first-order chi connectivity index (χ1) is 22.4. The molecule has 2 unspecified atom stereocenters. The molecular formula is C34H45N5O8. The van der Waals surface area contributed by atoms with Crippen LogP contribution in [0, 0.1) is 11.8 Å². The van der Waals surface area contributed by atoms with Crippen LogP contribution in [0.25, 0.3) is 10.8 Å². The topological polar surface area (TPSA) is 189 Å². The molecule has 3 amide bonds. The highest BCUT2D eigenvalue weighted by atomic mass is 16.6. The van der Waals surface area contributed by atoms with Gasteiger partial charge in [0.2, 0.25) is 17.7 Å². The summed E-state index contributed by atoms with van der Waals surface area (Å²) in [7, 11) is 1.20. The molecule has 0 saturated carbocycles. The fraction of sp³-hybridized carbons (Fsp3) is 0.471. The van der Waals surface area contributed by atoms with Gasteiger partial charge in [-0.15, -0.1) is 0 Å². The third-order valence-electron chi connectivity index (χ3n) is 7.45. The highest BCUT2D eigenvalue weighted by molar-refractivity contribution is 5.93. The Morgan fingerprint density at radius 3 is 2.32 bits per heavy atom. The minimum absolute atomic E-state index is 0.00368. The summed E-state index contributed by atoms with van der Waals surface area (Å²) in [5.41, 5.74) is 1.37.